The fourth-order valence-corrected chi connectivity index (χ4v) is 4.33. The predicted molar refractivity (Wildman–Crippen MR) is 142 cm³/mol. The minimum atomic E-state index is -0.566. The first-order chi connectivity index (χ1) is 17.6. The average molecular weight is 497 g/mol. The molecule has 188 valence electrons. The highest BCUT2D eigenvalue weighted by atomic mass is 16.5. The molecule has 0 bridgehead atoms. The van der Waals surface area contributed by atoms with Crippen molar-refractivity contribution in [2.45, 2.75) is 40.0 Å². The molecule has 0 atom stereocenters. The third kappa shape index (κ3) is 4.75. The van der Waals surface area contributed by atoms with Gasteiger partial charge in [-0.15, -0.1) is 0 Å². The van der Waals surface area contributed by atoms with Gasteiger partial charge in [-0.1, -0.05) is 45.0 Å². The number of hydrogen-bond donors (Lipinski definition) is 0. The summed E-state index contributed by atoms with van der Waals surface area (Å²) in [5, 5.41) is 0.615. The first kappa shape index (κ1) is 24.4. The van der Waals surface area contributed by atoms with Crippen molar-refractivity contribution in [2.24, 2.45) is 0 Å². The van der Waals surface area contributed by atoms with Crippen LogP contribution in [0.3, 0.4) is 0 Å². The van der Waals surface area contributed by atoms with Crippen molar-refractivity contribution in [1.82, 2.24) is 0 Å². The van der Waals surface area contributed by atoms with Gasteiger partial charge in [0.1, 0.15) is 34.2 Å². The van der Waals surface area contributed by atoms with E-state index in [1.807, 2.05) is 19.1 Å². The molecule has 37 heavy (non-hydrogen) atoms. The number of carbonyl (C=O) groups excluding carboxylic acids is 2. The zero-order valence-electron chi connectivity index (χ0n) is 21.5. The minimum absolute atomic E-state index is 0.0439. The number of allylic oxidation sites excluding steroid dienone is 1. The molecule has 1 aliphatic rings. The SMILES string of the molecule is CCOc1ccc2oc(C)c(C(=O)Oc3ccc4c(c3)O/C(=C\c3ccc(C(C)(C)C)cc3)C4=O)c2c1. The molecule has 0 amide bonds. The van der Waals surface area contributed by atoms with Gasteiger partial charge in [-0.2, -0.15) is 0 Å². The minimum Gasteiger partial charge on any atom is -0.494 e. The smallest absolute Gasteiger partial charge is 0.347 e. The summed E-state index contributed by atoms with van der Waals surface area (Å²) < 4.78 is 22.8. The lowest BCUT2D eigenvalue weighted by atomic mass is 9.86. The lowest BCUT2D eigenvalue weighted by Crippen LogP contribution is -2.10. The second-order valence-corrected chi connectivity index (χ2v) is 9.98. The van der Waals surface area contributed by atoms with Gasteiger partial charge in [-0.05, 0) is 66.8 Å². The standard InChI is InChI=1S/C31H28O6/c1-6-34-21-12-14-25-24(16-21)28(18(2)35-25)30(33)36-22-11-13-23-26(17-22)37-27(29(23)32)15-19-7-9-20(10-8-19)31(3,4)5/h7-17H,6H2,1-5H3/b27-15-. The molecule has 0 spiro atoms. The highest BCUT2D eigenvalue weighted by molar-refractivity contribution is 6.14. The third-order valence-electron chi connectivity index (χ3n) is 6.28. The first-order valence-corrected chi connectivity index (χ1v) is 12.2. The zero-order chi connectivity index (χ0) is 26.3. The monoisotopic (exact) mass is 496 g/mol. The molecule has 0 unspecified atom stereocenters. The molecule has 0 saturated carbocycles. The van der Waals surface area contributed by atoms with Crippen molar-refractivity contribution < 1.29 is 28.2 Å². The molecular formula is C31H28O6. The van der Waals surface area contributed by atoms with Gasteiger partial charge in [0, 0.05) is 11.5 Å². The molecule has 0 N–H and O–H groups in total. The van der Waals surface area contributed by atoms with E-state index in [4.69, 9.17) is 18.6 Å². The topological polar surface area (TPSA) is 75.0 Å². The highest BCUT2D eigenvalue weighted by Crippen LogP contribution is 2.36. The predicted octanol–water partition coefficient (Wildman–Crippen LogP) is 7.27. The van der Waals surface area contributed by atoms with E-state index in [2.05, 4.69) is 32.9 Å². The largest absolute Gasteiger partial charge is 0.494 e. The second-order valence-electron chi connectivity index (χ2n) is 9.98. The molecule has 6 heteroatoms. The van der Waals surface area contributed by atoms with Gasteiger partial charge in [0.25, 0.3) is 0 Å². The van der Waals surface area contributed by atoms with Crippen LogP contribution in [0.2, 0.25) is 0 Å². The van der Waals surface area contributed by atoms with E-state index in [9.17, 15) is 9.59 Å². The number of hydrogen-bond acceptors (Lipinski definition) is 6. The normalized spacial score (nSPS) is 14.1. The maximum absolute atomic E-state index is 13.1. The van der Waals surface area contributed by atoms with E-state index in [-0.39, 0.29) is 22.7 Å². The number of esters is 1. The van der Waals surface area contributed by atoms with E-state index in [1.165, 1.54) is 5.56 Å². The van der Waals surface area contributed by atoms with Crippen LogP contribution < -0.4 is 14.2 Å². The Balaban J connectivity index is 1.37. The van der Waals surface area contributed by atoms with Crippen LogP contribution in [0.1, 0.15) is 65.3 Å². The van der Waals surface area contributed by atoms with Gasteiger partial charge in [-0.25, -0.2) is 4.79 Å². The number of rotatable bonds is 5. The number of benzene rings is 3. The lowest BCUT2D eigenvalue weighted by molar-refractivity contribution is 0.0734. The number of Topliss-reactive ketones (excluding diaryl/α,β-unsaturated/α-hetero) is 1. The van der Waals surface area contributed by atoms with Crippen LogP contribution in [0.15, 0.2) is 70.8 Å². The number of furan rings is 1. The van der Waals surface area contributed by atoms with Crippen molar-refractivity contribution in [3.8, 4) is 17.2 Å². The van der Waals surface area contributed by atoms with Crippen LogP contribution >= 0.6 is 0 Å². The molecule has 0 aliphatic carbocycles. The van der Waals surface area contributed by atoms with Crippen LogP contribution in [-0.4, -0.2) is 18.4 Å². The molecule has 4 aromatic rings. The van der Waals surface area contributed by atoms with Gasteiger partial charge in [-0.3, -0.25) is 4.79 Å². The Hall–Kier alpha value is -4.32. The molecule has 1 aromatic heterocycles. The van der Waals surface area contributed by atoms with E-state index < -0.39 is 5.97 Å². The van der Waals surface area contributed by atoms with Crippen molar-refractivity contribution in [3.05, 3.63) is 94.4 Å². The van der Waals surface area contributed by atoms with Crippen molar-refractivity contribution in [3.63, 3.8) is 0 Å². The fraction of sp³-hybridized carbons (Fsp3) is 0.226. The Morgan fingerprint density at radius 1 is 0.973 bits per heavy atom. The van der Waals surface area contributed by atoms with Gasteiger partial charge >= 0.3 is 5.97 Å². The van der Waals surface area contributed by atoms with Crippen molar-refractivity contribution in [1.29, 1.82) is 0 Å². The number of ether oxygens (including phenoxy) is 3. The molecule has 0 radical (unpaired) electrons. The Morgan fingerprint density at radius 3 is 2.41 bits per heavy atom. The zero-order valence-corrected chi connectivity index (χ0v) is 21.5. The molecule has 0 saturated heterocycles. The van der Waals surface area contributed by atoms with Crippen LogP contribution in [0, 0.1) is 6.92 Å². The Bertz CT molecular complexity index is 1550. The van der Waals surface area contributed by atoms with Crippen LogP contribution in [-0.2, 0) is 5.41 Å². The van der Waals surface area contributed by atoms with Crippen molar-refractivity contribution in [2.75, 3.05) is 6.61 Å². The summed E-state index contributed by atoms with van der Waals surface area (Å²) in [6, 6.07) is 18.1. The van der Waals surface area contributed by atoms with E-state index in [1.54, 1.807) is 49.4 Å². The molecule has 5 rings (SSSR count). The average Bonchev–Trinajstić information content (AvgIpc) is 3.34. The summed E-state index contributed by atoms with van der Waals surface area (Å²) in [6.45, 7) is 10.6. The molecule has 6 nitrogen and oxygen atoms in total. The van der Waals surface area contributed by atoms with Gasteiger partial charge < -0.3 is 18.6 Å². The van der Waals surface area contributed by atoms with Crippen molar-refractivity contribution >= 4 is 28.8 Å². The first-order valence-electron chi connectivity index (χ1n) is 12.2. The molecule has 1 aliphatic heterocycles. The van der Waals surface area contributed by atoms with Crippen LogP contribution in [0.4, 0.5) is 0 Å². The number of fused-ring (bicyclic) bond motifs is 2. The van der Waals surface area contributed by atoms with Gasteiger partial charge in [0.05, 0.1) is 12.2 Å². The van der Waals surface area contributed by atoms with Crippen LogP contribution in [0.5, 0.6) is 17.2 Å². The van der Waals surface area contributed by atoms with Gasteiger partial charge in [0.2, 0.25) is 5.78 Å². The van der Waals surface area contributed by atoms with E-state index in [0.717, 1.165) is 5.56 Å². The Labute approximate surface area is 215 Å². The summed E-state index contributed by atoms with van der Waals surface area (Å²) >= 11 is 0. The Morgan fingerprint density at radius 2 is 1.70 bits per heavy atom. The summed E-state index contributed by atoms with van der Waals surface area (Å²) in [5.74, 6) is 1.15. The molecule has 0 fully saturated rings. The number of ketones is 1. The molecule has 2 heterocycles. The summed E-state index contributed by atoms with van der Waals surface area (Å²) in [6.07, 6.45) is 1.72. The third-order valence-corrected chi connectivity index (χ3v) is 6.28. The summed E-state index contributed by atoms with van der Waals surface area (Å²) in [4.78, 5) is 26.0. The highest BCUT2D eigenvalue weighted by Gasteiger charge is 2.29. The maximum Gasteiger partial charge on any atom is 0.347 e. The number of carbonyl (C=O) groups is 2. The lowest BCUT2D eigenvalue weighted by Gasteiger charge is -2.18. The summed E-state index contributed by atoms with van der Waals surface area (Å²) in [7, 11) is 0. The fourth-order valence-electron chi connectivity index (χ4n) is 4.33. The second kappa shape index (κ2) is 9.28. The molecule has 3 aromatic carbocycles. The van der Waals surface area contributed by atoms with E-state index >= 15 is 0 Å². The number of aryl methyl sites for hydroxylation is 1. The van der Waals surface area contributed by atoms with Gasteiger partial charge in [0.15, 0.2) is 5.76 Å². The quantitative estimate of drug-likeness (QED) is 0.164. The van der Waals surface area contributed by atoms with Crippen LogP contribution in [0.25, 0.3) is 17.0 Å². The maximum atomic E-state index is 13.1. The summed E-state index contributed by atoms with van der Waals surface area (Å²) in [5.41, 5.74) is 3.43. The molecular weight excluding hydrogens is 468 g/mol. The van der Waals surface area contributed by atoms with E-state index in [0.29, 0.717) is 46.0 Å². The Kier molecular flexibility index (Phi) is 6.12.